The molecule has 9 heteroatoms. The first-order valence-corrected chi connectivity index (χ1v) is 10.8. The molecule has 1 aliphatic heterocycles. The highest BCUT2D eigenvalue weighted by molar-refractivity contribution is 9.10. The van der Waals surface area contributed by atoms with Gasteiger partial charge in [0.15, 0.2) is 11.5 Å². The molecule has 2 heterocycles. The summed E-state index contributed by atoms with van der Waals surface area (Å²) in [7, 11) is 0. The van der Waals surface area contributed by atoms with Crippen LogP contribution in [0.5, 0.6) is 5.75 Å². The first kappa shape index (κ1) is 21.8. The molecule has 34 heavy (non-hydrogen) atoms. The number of carbonyl (C=O) groups excluding carboxylic acids is 2. The van der Waals surface area contributed by atoms with E-state index in [2.05, 4.69) is 15.9 Å². The number of aliphatic hydroxyl groups excluding tert-OH is 1. The van der Waals surface area contributed by atoms with Crippen molar-refractivity contribution in [1.29, 1.82) is 0 Å². The number of Topliss-reactive ketones (excluding diaryl/α,β-unsaturated/α-hetero) is 1. The predicted molar refractivity (Wildman–Crippen MR) is 123 cm³/mol. The van der Waals surface area contributed by atoms with Crippen LogP contribution in [0.3, 0.4) is 0 Å². The quantitative estimate of drug-likeness (QED) is 0.320. The normalized spacial score (nSPS) is 16.0. The molecule has 1 aromatic heterocycles. The smallest absolute Gasteiger partial charge is 0.294 e. The molecule has 1 amide bonds. The van der Waals surface area contributed by atoms with Crippen molar-refractivity contribution in [1.82, 2.24) is 0 Å². The van der Waals surface area contributed by atoms with Gasteiger partial charge in [0, 0.05) is 15.9 Å². The molecule has 0 spiro atoms. The average Bonchev–Trinajstić information content (AvgIpc) is 3.34. The molecular formula is C25H14BrF2NO5. The van der Waals surface area contributed by atoms with Crippen LogP contribution in [-0.2, 0) is 4.79 Å². The first-order chi connectivity index (χ1) is 16.2. The minimum atomic E-state index is -1.31. The summed E-state index contributed by atoms with van der Waals surface area (Å²) in [6.45, 7) is 0. The number of phenols is 1. The van der Waals surface area contributed by atoms with Gasteiger partial charge in [-0.25, -0.2) is 8.78 Å². The van der Waals surface area contributed by atoms with E-state index in [0.29, 0.717) is 11.0 Å². The van der Waals surface area contributed by atoms with E-state index < -0.39 is 40.8 Å². The fraction of sp³-hybridized carbons (Fsp3) is 0.0400. The second kappa shape index (κ2) is 8.11. The molecule has 0 fully saturated rings. The SMILES string of the molecule is O=C(C1=C(O)C(=O)N(c2cc(F)ccc2F)C1c1ccc(O)cc1)c1cc2cc(Br)ccc2o1. The second-order valence-corrected chi connectivity index (χ2v) is 8.56. The van der Waals surface area contributed by atoms with E-state index in [9.17, 15) is 28.6 Å². The van der Waals surface area contributed by atoms with Gasteiger partial charge >= 0.3 is 0 Å². The van der Waals surface area contributed by atoms with Gasteiger partial charge in [-0.2, -0.15) is 0 Å². The Labute approximate surface area is 199 Å². The maximum Gasteiger partial charge on any atom is 0.294 e. The van der Waals surface area contributed by atoms with Gasteiger partial charge in [0.05, 0.1) is 17.3 Å². The molecule has 1 unspecified atom stereocenters. The number of aromatic hydroxyl groups is 1. The maximum absolute atomic E-state index is 14.7. The van der Waals surface area contributed by atoms with Gasteiger partial charge in [-0.1, -0.05) is 28.1 Å². The molecule has 0 bridgehead atoms. The van der Waals surface area contributed by atoms with Crippen LogP contribution in [0, 0.1) is 11.6 Å². The third-order valence-electron chi connectivity index (χ3n) is 5.53. The molecule has 170 valence electrons. The monoisotopic (exact) mass is 525 g/mol. The van der Waals surface area contributed by atoms with Crippen LogP contribution in [0.4, 0.5) is 14.5 Å². The third kappa shape index (κ3) is 3.54. The number of carbonyl (C=O) groups is 2. The number of benzene rings is 3. The number of aliphatic hydroxyl groups is 1. The molecule has 2 N–H and O–H groups in total. The largest absolute Gasteiger partial charge is 0.508 e. The maximum atomic E-state index is 14.7. The second-order valence-electron chi connectivity index (χ2n) is 7.65. The Morgan fingerprint density at radius 3 is 2.44 bits per heavy atom. The zero-order valence-electron chi connectivity index (χ0n) is 17.1. The standard InChI is InChI=1S/C25H14BrF2NO5/c26-14-3-8-19-13(9-14)10-20(34-19)23(31)21-22(12-1-5-16(30)6-2-12)29(25(33)24(21)32)18-11-15(27)4-7-17(18)28/h1-11,22,30,32H. The zero-order chi connectivity index (χ0) is 24.1. The van der Waals surface area contributed by atoms with Gasteiger partial charge in [0.25, 0.3) is 5.91 Å². The number of furan rings is 1. The fourth-order valence-electron chi connectivity index (χ4n) is 3.99. The van der Waals surface area contributed by atoms with Crippen molar-refractivity contribution in [3.05, 3.63) is 105 Å². The van der Waals surface area contributed by atoms with E-state index in [4.69, 9.17) is 4.42 Å². The van der Waals surface area contributed by atoms with Gasteiger partial charge < -0.3 is 14.6 Å². The fourth-order valence-corrected chi connectivity index (χ4v) is 4.37. The van der Waals surface area contributed by atoms with Gasteiger partial charge in [-0.05, 0) is 54.1 Å². The summed E-state index contributed by atoms with van der Waals surface area (Å²) in [5.41, 5.74) is -0.130. The molecule has 1 aliphatic rings. The van der Waals surface area contributed by atoms with Gasteiger partial charge in [-0.3, -0.25) is 14.5 Å². The van der Waals surface area contributed by atoms with Crippen LogP contribution in [-0.4, -0.2) is 21.9 Å². The summed E-state index contributed by atoms with van der Waals surface area (Å²) >= 11 is 3.34. The van der Waals surface area contributed by atoms with Crippen molar-refractivity contribution >= 4 is 44.3 Å². The number of halogens is 3. The first-order valence-electron chi connectivity index (χ1n) is 9.99. The number of nitrogens with zero attached hydrogens (tertiary/aromatic N) is 1. The van der Waals surface area contributed by atoms with E-state index in [0.717, 1.165) is 27.6 Å². The van der Waals surface area contributed by atoms with Gasteiger partial charge in [0.2, 0.25) is 5.78 Å². The number of fused-ring (bicyclic) bond motifs is 1. The molecule has 5 rings (SSSR count). The highest BCUT2D eigenvalue weighted by atomic mass is 79.9. The molecule has 0 aliphatic carbocycles. The number of anilines is 1. The van der Waals surface area contributed by atoms with E-state index in [1.807, 2.05) is 0 Å². The number of rotatable bonds is 4. The summed E-state index contributed by atoms with van der Waals surface area (Å²) in [6, 6.07) is 13.3. The van der Waals surface area contributed by atoms with Crippen molar-refractivity contribution in [3.63, 3.8) is 0 Å². The molecule has 1 atom stereocenters. The number of amides is 1. The van der Waals surface area contributed by atoms with Crippen molar-refractivity contribution < 1.29 is 33.0 Å². The highest BCUT2D eigenvalue weighted by Gasteiger charge is 2.46. The number of phenolic OH excluding ortho intramolecular Hbond substituents is 1. The Morgan fingerprint density at radius 1 is 0.971 bits per heavy atom. The Bertz CT molecular complexity index is 1510. The third-order valence-corrected chi connectivity index (χ3v) is 6.02. The molecule has 3 aromatic carbocycles. The summed E-state index contributed by atoms with van der Waals surface area (Å²) in [5.74, 6) is -4.74. The minimum Gasteiger partial charge on any atom is -0.508 e. The lowest BCUT2D eigenvalue weighted by Crippen LogP contribution is -2.31. The topological polar surface area (TPSA) is 91.0 Å². The van der Waals surface area contributed by atoms with Gasteiger partial charge in [-0.15, -0.1) is 0 Å². The Kier molecular flexibility index (Phi) is 5.21. The van der Waals surface area contributed by atoms with E-state index >= 15 is 0 Å². The number of hydrogen-bond donors (Lipinski definition) is 2. The van der Waals surface area contributed by atoms with Crippen molar-refractivity contribution in [3.8, 4) is 5.75 Å². The van der Waals surface area contributed by atoms with Crippen LogP contribution in [0.15, 0.2) is 87.0 Å². The highest BCUT2D eigenvalue weighted by Crippen LogP contribution is 2.43. The lowest BCUT2D eigenvalue weighted by atomic mass is 9.94. The molecule has 0 radical (unpaired) electrons. The Hall–Kier alpha value is -3.98. The molecule has 0 saturated carbocycles. The summed E-state index contributed by atoms with van der Waals surface area (Å²) < 4.78 is 35.1. The zero-order valence-corrected chi connectivity index (χ0v) is 18.7. The van der Waals surface area contributed by atoms with Crippen LogP contribution in [0.2, 0.25) is 0 Å². The van der Waals surface area contributed by atoms with Crippen molar-refractivity contribution in [2.24, 2.45) is 0 Å². The van der Waals surface area contributed by atoms with Crippen LogP contribution in [0.25, 0.3) is 11.0 Å². The van der Waals surface area contributed by atoms with Crippen LogP contribution >= 0.6 is 15.9 Å². The van der Waals surface area contributed by atoms with Crippen molar-refractivity contribution in [2.75, 3.05) is 4.90 Å². The molecule has 4 aromatic rings. The Balaban J connectivity index is 1.68. The van der Waals surface area contributed by atoms with E-state index in [1.54, 1.807) is 18.2 Å². The predicted octanol–water partition coefficient (Wildman–Crippen LogP) is 5.96. The summed E-state index contributed by atoms with van der Waals surface area (Å²) in [6.07, 6.45) is 0. The molecule has 6 nitrogen and oxygen atoms in total. The van der Waals surface area contributed by atoms with Gasteiger partial charge in [0.1, 0.15) is 23.0 Å². The lowest BCUT2D eigenvalue weighted by Gasteiger charge is -2.27. The molecule has 0 saturated heterocycles. The number of hydrogen-bond acceptors (Lipinski definition) is 5. The van der Waals surface area contributed by atoms with E-state index in [-0.39, 0.29) is 22.6 Å². The summed E-state index contributed by atoms with van der Waals surface area (Å²) in [5, 5.41) is 21.0. The summed E-state index contributed by atoms with van der Waals surface area (Å²) in [4.78, 5) is 27.4. The van der Waals surface area contributed by atoms with Crippen molar-refractivity contribution in [2.45, 2.75) is 6.04 Å². The average molecular weight is 526 g/mol. The van der Waals surface area contributed by atoms with E-state index in [1.165, 1.54) is 30.3 Å². The number of ketones is 1. The Morgan fingerprint density at radius 2 is 1.71 bits per heavy atom. The van der Waals surface area contributed by atoms with Crippen LogP contribution in [0.1, 0.15) is 22.2 Å². The minimum absolute atomic E-state index is 0.0829. The van der Waals surface area contributed by atoms with Crippen LogP contribution < -0.4 is 4.90 Å². The lowest BCUT2D eigenvalue weighted by molar-refractivity contribution is -0.117. The molecular weight excluding hydrogens is 512 g/mol.